The second-order valence-corrected chi connectivity index (χ2v) is 3.24. The lowest BCUT2D eigenvalue weighted by atomic mass is 10.5. The first-order valence-corrected chi connectivity index (χ1v) is 4.65. The van der Waals surface area contributed by atoms with Gasteiger partial charge in [-0.05, 0) is 11.5 Å². The van der Waals surface area contributed by atoms with Crippen molar-refractivity contribution in [2.75, 3.05) is 0 Å². The SMILES string of the molecule is O=c1ccn(Cc2csnn2)c(=O)[nH]1. The number of hydrogen-bond donors (Lipinski definition) is 1. The van der Waals surface area contributed by atoms with Crippen molar-refractivity contribution < 1.29 is 0 Å². The first-order valence-electron chi connectivity index (χ1n) is 3.81. The third-order valence-corrected chi connectivity index (χ3v) is 2.19. The Balaban J connectivity index is 2.35. The van der Waals surface area contributed by atoms with E-state index < -0.39 is 11.2 Å². The predicted molar refractivity (Wildman–Crippen MR) is 50.3 cm³/mol. The monoisotopic (exact) mass is 210 g/mol. The molecule has 14 heavy (non-hydrogen) atoms. The van der Waals surface area contributed by atoms with Crippen LogP contribution >= 0.6 is 11.5 Å². The number of H-pyrrole nitrogens is 1. The second kappa shape index (κ2) is 3.54. The van der Waals surface area contributed by atoms with Gasteiger partial charge in [0.15, 0.2) is 0 Å². The Bertz CT molecular complexity index is 527. The van der Waals surface area contributed by atoms with Crippen LogP contribution in [0.1, 0.15) is 5.69 Å². The fourth-order valence-electron chi connectivity index (χ4n) is 0.996. The lowest BCUT2D eigenvalue weighted by Gasteiger charge is -1.99. The Morgan fingerprint density at radius 1 is 1.50 bits per heavy atom. The van der Waals surface area contributed by atoms with Crippen LogP contribution in [0, 0.1) is 0 Å². The Labute approximate surface area is 82.0 Å². The van der Waals surface area contributed by atoms with Crippen molar-refractivity contribution in [1.82, 2.24) is 19.1 Å². The molecule has 72 valence electrons. The number of nitrogens with one attached hydrogen (secondary N) is 1. The van der Waals surface area contributed by atoms with E-state index in [1.54, 1.807) is 5.38 Å². The lowest BCUT2D eigenvalue weighted by Crippen LogP contribution is -2.28. The Morgan fingerprint density at radius 3 is 3.00 bits per heavy atom. The third kappa shape index (κ3) is 1.77. The largest absolute Gasteiger partial charge is 0.328 e. The molecule has 2 aromatic rings. The van der Waals surface area contributed by atoms with E-state index in [0.717, 1.165) is 0 Å². The Kier molecular flexibility index (Phi) is 2.23. The molecule has 0 radical (unpaired) electrons. The summed E-state index contributed by atoms with van der Waals surface area (Å²) in [4.78, 5) is 24.1. The molecule has 0 saturated heterocycles. The summed E-state index contributed by atoms with van der Waals surface area (Å²) in [5.41, 5.74) is -0.141. The lowest BCUT2D eigenvalue weighted by molar-refractivity contribution is 0.702. The van der Waals surface area contributed by atoms with Gasteiger partial charge in [0, 0.05) is 17.6 Å². The fraction of sp³-hybridized carbons (Fsp3) is 0.143. The minimum Gasteiger partial charge on any atom is -0.294 e. The summed E-state index contributed by atoms with van der Waals surface area (Å²) in [6.45, 7) is 0.326. The Morgan fingerprint density at radius 2 is 2.36 bits per heavy atom. The van der Waals surface area contributed by atoms with Crippen LogP contribution in [0.5, 0.6) is 0 Å². The van der Waals surface area contributed by atoms with Crippen molar-refractivity contribution in [3.05, 3.63) is 44.2 Å². The molecule has 0 atom stereocenters. The van der Waals surface area contributed by atoms with E-state index in [2.05, 4.69) is 14.6 Å². The van der Waals surface area contributed by atoms with Gasteiger partial charge < -0.3 is 0 Å². The molecule has 1 N–H and O–H groups in total. The summed E-state index contributed by atoms with van der Waals surface area (Å²) in [5.74, 6) is 0. The second-order valence-electron chi connectivity index (χ2n) is 2.63. The first-order chi connectivity index (χ1) is 6.75. The normalized spacial score (nSPS) is 10.3. The molecular formula is C7H6N4O2S. The highest BCUT2D eigenvalue weighted by atomic mass is 32.1. The highest BCUT2D eigenvalue weighted by Gasteiger charge is 2.00. The summed E-state index contributed by atoms with van der Waals surface area (Å²) in [6, 6.07) is 1.29. The van der Waals surface area contributed by atoms with E-state index in [1.807, 2.05) is 0 Å². The van der Waals surface area contributed by atoms with E-state index >= 15 is 0 Å². The molecule has 0 bridgehead atoms. The zero-order chi connectivity index (χ0) is 9.97. The molecule has 0 aliphatic rings. The fourth-order valence-corrected chi connectivity index (χ4v) is 1.44. The van der Waals surface area contributed by atoms with Gasteiger partial charge in [-0.1, -0.05) is 4.49 Å². The molecule has 2 heterocycles. The molecule has 0 unspecified atom stereocenters. The maximum Gasteiger partial charge on any atom is 0.328 e. The molecule has 2 rings (SSSR count). The van der Waals surface area contributed by atoms with Crippen LogP contribution in [0.4, 0.5) is 0 Å². The van der Waals surface area contributed by atoms with Crippen LogP contribution in [0.2, 0.25) is 0 Å². The molecular weight excluding hydrogens is 204 g/mol. The van der Waals surface area contributed by atoms with Crippen molar-refractivity contribution >= 4 is 11.5 Å². The van der Waals surface area contributed by atoms with Gasteiger partial charge in [0.1, 0.15) is 0 Å². The quantitative estimate of drug-likeness (QED) is 0.720. The molecule has 0 fully saturated rings. The van der Waals surface area contributed by atoms with E-state index in [4.69, 9.17) is 0 Å². The van der Waals surface area contributed by atoms with Gasteiger partial charge in [0.05, 0.1) is 12.2 Å². The van der Waals surface area contributed by atoms with Crippen LogP contribution in [-0.4, -0.2) is 19.1 Å². The van der Waals surface area contributed by atoms with Crippen molar-refractivity contribution in [3.63, 3.8) is 0 Å². The molecule has 0 aliphatic heterocycles. The van der Waals surface area contributed by atoms with Crippen LogP contribution in [0.3, 0.4) is 0 Å². The van der Waals surface area contributed by atoms with Crippen LogP contribution in [0.25, 0.3) is 0 Å². The number of aromatic amines is 1. The molecule has 0 amide bonds. The molecule has 6 nitrogen and oxygen atoms in total. The van der Waals surface area contributed by atoms with Crippen molar-refractivity contribution in [1.29, 1.82) is 0 Å². The van der Waals surface area contributed by atoms with Crippen molar-refractivity contribution in [2.45, 2.75) is 6.54 Å². The maximum absolute atomic E-state index is 11.2. The number of aromatic nitrogens is 4. The Hall–Kier alpha value is -1.76. The van der Waals surface area contributed by atoms with Crippen molar-refractivity contribution in [2.24, 2.45) is 0 Å². The standard InChI is InChI=1S/C7H6N4O2S/c12-6-1-2-11(7(13)8-6)3-5-4-14-10-9-5/h1-2,4H,3H2,(H,8,12,13). The molecule has 0 aromatic carbocycles. The molecule has 2 aromatic heterocycles. The van der Waals surface area contributed by atoms with Gasteiger partial charge in [0.25, 0.3) is 5.56 Å². The zero-order valence-electron chi connectivity index (χ0n) is 7.01. The molecule has 0 saturated carbocycles. The van der Waals surface area contributed by atoms with Gasteiger partial charge in [-0.25, -0.2) is 4.79 Å². The summed E-state index contributed by atoms with van der Waals surface area (Å²) < 4.78 is 5.03. The highest BCUT2D eigenvalue weighted by Crippen LogP contribution is 1.97. The van der Waals surface area contributed by atoms with E-state index in [-0.39, 0.29) is 0 Å². The molecule has 0 aliphatic carbocycles. The van der Waals surface area contributed by atoms with E-state index in [0.29, 0.717) is 12.2 Å². The van der Waals surface area contributed by atoms with Crippen LogP contribution in [0.15, 0.2) is 27.2 Å². The molecule has 0 spiro atoms. The topological polar surface area (TPSA) is 80.6 Å². The minimum atomic E-state index is -0.439. The average molecular weight is 210 g/mol. The van der Waals surface area contributed by atoms with Crippen molar-refractivity contribution in [3.8, 4) is 0 Å². The number of nitrogens with zero attached hydrogens (tertiary/aromatic N) is 3. The summed E-state index contributed by atoms with van der Waals surface area (Å²) in [7, 11) is 0. The smallest absolute Gasteiger partial charge is 0.294 e. The van der Waals surface area contributed by atoms with E-state index in [1.165, 1.54) is 28.4 Å². The first kappa shape index (κ1) is 8.82. The molecule has 7 heteroatoms. The maximum atomic E-state index is 11.2. The average Bonchev–Trinajstić information content (AvgIpc) is 2.62. The predicted octanol–water partition coefficient (Wildman–Crippen LogP) is -0.564. The van der Waals surface area contributed by atoms with E-state index in [9.17, 15) is 9.59 Å². The van der Waals surface area contributed by atoms with Gasteiger partial charge in [-0.15, -0.1) is 5.10 Å². The van der Waals surface area contributed by atoms with Gasteiger partial charge >= 0.3 is 5.69 Å². The third-order valence-electron chi connectivity index (χ3n) is 1.63. The number of rotatable bonds is 2. The highest BCUT2D eigenvalue weighted by molar-refractivity contribution is 7.03. The minimum absolute atomic E-state index is 0.326. The zero-order valence-corrected chi connectivity index (χ0v) is 7.82. The summed E-state index contributed by atoms with van der Waals surface area (Å²) in [6.07, 6.45) is 1.43. The summed E-state index contributed by atoms with van der Waals surface area (Å²) in [5, 5.41) is 5.54. The summed E-state index contributed by atoms with van der Waals surface area (Å²) >= 11 is 1.22. The van der Waals surface area contributed by atoms with Crippen LogP contribution < -0.4 is 11.2 Å². The van der Waals surface area contributed by atoms with Gasteiger partial charge in [-0.2, -0.15) is 0 Å². The van der Waals surface area contributed by atoms with Gasteiger partial charge in [0.2, 0.25) is 0 Å². The number of hydrogen-bond acceptors (Lipinski definition) is 5. The van der Waals surface area contributed by atoms with Gasteiger partial charge in [-0.3, -0.25) is 14.3 Å². The van der Waals surface area contributed by atoms with Crippen LogP contribution in [-0.2, 0) is 6.54 Å².